The molecule has 0 aliphatic carbocycles. The second kappa shape index (κ2) is 18.0. The van der Waals surface area contributed by atoms with Gasteiger partial charge in [0.25, 0.3) is 5.91 Å². The van der Waals surface area contributed by atoms with Crippen LogP contribution in [0.15, 0.2) is 79.0 Å². The maximum atomic E-state index is 12.4. The first-order valence-electron chi connectivity index (χ1n) is 12.1. The molecule has 3 aromatic rings. The lowest BCUT2D eigenvalue weighted by molar-refractivity contribution is -0.123. The third-order valence-electron chi connectivity index (χ3n) is 4.63. The highest BCUT2D eigenvalue weighted by Gasteiger charge is 2.13. The summed E-state index contributed by atoms with van der Waals surface area (Å²) in [5.74, 6) is -0.485. The van der Waals surface area contributed by atoms with E-state index in [2.05, 4.69) is 24.1 Å². The molecule has 0 aliphatic rings. The van der Waals surface area contributed by atoms with Crippen LogP contribution in [-0.4, -0.2) is 36.2 Å². The summed E-state index contributed by atoms with van der Waals surface area (Å²) in [5.41, 5.74) is 1.88. The Balaban J connectivity index is 0.000000427. The number of anilines is 1. The van der Waals surface area contributed by atoms with Gasteiger partial charge in [0.1, 0.15) is 5.69 Å². The molecule has 6 nitrogen and oxygen atoms in total. The van der Waals surface area contributed by atoms with Crippen LogP contribution in [0, 0.1) is 0 Å². The Bertz CT molecular complexity index is 970. The molecule has 1 heterocycles. The summed E-state index contributed by atoms with van der Waals surface area (Å²) in [4.78, 5) is 28.7. The molecule has 0 unspecified atom stereocenters. The number of nitrogens with zero attached hydrogens (tertiary/aromatic N) is 1. The van der Waals surface area contributed by atoms with Gasteiger partial charge in [-0.1, -0.05) is 75.2 Å². The zero-order chi connectivity index (χ0) is 25.9. The van der Waals surface area contributed by atoms with E-state index >= 15 is 0 Å². The third kappa shape index (κ3) is 12.1. The maximum Gasteiger partial charge on any atom is 0.255 e. The number of aromatic nitrogens is 1. The van der Waals surface area contributed by atoms with Crippen molar-refractivity contribution in [3.05, 3.63) is 95.8 Å². The Morgan fingerprint density at radius 1 is 0.800 bits per heavy atom. The molecule has 1 N–H and O–H groups in total. The molecule has 0 spiro atoms. The van der Waals surface area contributed by atoms with E-state index in [9.17, 15) is 9.59 Å². The molecule has 188 valence electrons. The molecule has 0 saturated carbocycles. The SMILES string of the molecule is CCCC.CCOC(C)OCC.O=C(Nc1ccccc1)c1ccnc(C(=O)c2ccccc2)c1. The largest absolute Gasteiger partial charge is 0.353 e. The number of rotatable bonds is 9. The van der Waals surface area contributed by atoms with Crippen LogP contribution in [-0.2, 0) is 9.47 Å². The van der Waals surface area contributed by atoms with Crippen molar-refractivity contribution in [2.75, 3.05) is 18.5 Å². The standard InChI is InChI=1S/C19H14N2O2.C6H14O2.C4H10/c22-18(14-7-3-1-4-8-14)17-13-15(11-12-20-17)19(23)21-16-9-5-2-6-10-16;1-4-7-6(3)8-5-2;1-3-4-2/h1-13H,(H,21,23);6H,4-5H2,1-3H3;3-4H2,1-2H3. The van der Waals surface area contributed by atoms with Crippen LogP contribution in [0.4, 0.5) is 5.69 Å². The van der Waals surface area contributed by atoms with E-state index in [1.807, 2.05) is 45.0 Å². The number of ketones is 1. The van der Waals surface area contributed by atoms with E-state index in [0.29, 0.717) is 16.8 Å². The van der Waals surface area contributed by atoms with Crippen molar-refractivity contribution in [3.8, 4) is 0 Å². The fourth-order valence-corrected chi connectivity index (χ4v) is 2.68. The summed E-state index contributed by atoms with van der Waals surface area (Å²) in [6.45, 7) is 11.6. The predicted octanol–water partition coefficient (Wildman–Crippen LogP) is 6.78. The lowest BCUT2D eigenvalue weighted by Gasteiger charge is -2.09. The molecule has 3 rings (SSSR count). The highest BCUT2D eigenvalue weighted by atomic mass is 16.7. The van der Waals surface area contributed by atoms with Gasteiger partial charge in [-0.2, -0.15) is 0 Å². The number of amides is 1. The van der Waals surface area contributed by atoms with E-state index < -0.39 is 0 Å². The Morgan fingerprint density at radius 2 is 1.34 bits per heavy atom. The zero-order valence-electron chi connectivity index (χ0n) is 21.5. The summed E-state index contributed by atoms with van der Waals surface area (Å²) in [6.07, 6.45) is 4.07. The van der Waals surface area contributed by atoms with Gasteiger partial charge >= 0.3 is 0 Å². The van der Waals surface area contributed by atoms with Gasteiger partial charge in [0.05, 0.1) is 0 Å². The average molecular weight is 479 g/mol. The zero-order valence-corrected chi connectivity index (χ0v) is 21.5. The Kier molecular flexibility index (Phi) is 15.3. The molecule has 0 aliphatic heterocycles. The highest BCUT2D eigenvalue weighted by Crippen LogP contribution is 2.12. The van der Waals surface area contributed by atoms with Crippen LogP contribution in [0.5, 0.6) is 0 Å². The van der Waals surface area contributed by atoms with Crippen LogP contribution in [0.3, 0.4) is 0 Å². The van der Waals surface area contributed by atoms with E-state index in [0.717, 1.165) is 13.2 Å². The fraction of sp³-hybridized carbons (Fsp3) is 0.345. The van der Waals surface area contributed by atoms with Gasteiger partial charge in [-0.25, -0.2) is 0 Å². The van der Waals surface area contributed by atoms with Crippen LogP contribution < -0.4 is 5.32 Å². The number of nitrogens with one attached hydrogen (secondary N) is 1. The molecule has 0 saturated heterocycles. The number of unbranched alkanes of at least 4 members (excludes halogenated alkanes) is 1. The van der Waals surface area contributed by atoms with Crippen molar-refractivity contribution in [2.24, 2.45) is 0 Å². The summed E-state index contributed by atoms with van der Waals surface area (Å²) >= 11 is 0. The minimum atomic E-state index is -0.277. The number of para-hydroxylation sites is 1. The first kappa shape index (κ1) is 29.7. The fourth-order valence-electron chi connectivity index (χ4n) is 2.68. The number of carbonyl (C=O) groups excluding carboxylic acids is 2. The van der Waals surface area contributed by atoms with E-state index in [1.54, 1.807) is 42.5 Å². The van der Waals surface area contributed by atoms with E-state index in [-0.39, 0.29) is 23.7 Å². The van der Waals surface area contributed by atoms with Crippen LogP contribution >= 0.6 is 0 Å². The summed E-state index contributed by atoms with van der Waals surface area (Å²) in [6, 6.07) is 21.1. The molecule has 0 bridgehead atoms. The molecule has 0 fully saturated rings. The normalized spacial score (nSPS) is 9.89. The van der Waals surface area contributed by atoms with Crippen molar-refractivity contribution in [1.82, 2.24) is 4.98 Å². The van der Waals surface area contributed by atoms with Crippen molar-refractivity contribution >= 4 is 17.4 Å². The van der Waals surface area contributed by atoms with Crippen molar-refractivity contribution in [2.45, 2.75) is 53.8 Å². The second-order valence-electron chi connectivity index (χ2n) is 7.42. The van der Waals surface area contributed by atoms with Gasteiger partial charge in [0, 0.05) is 36.2 Å². The molecule has 0 radical (unpaired) electrons. The quantitative estimate of drug-likeness (QED) is 0.271. The molecule has 6 heteroatoms. The average Bonchev–Trinajstić information content (AvgIpc) is 2.90. The van der Waals surface area contributed by atoms with E-state index in [4.69, 9.17) is 9.47 Å². The van der Waals surface area contributed by atoms with E-state index in [1.165, 1.54) is 25.1 Å². The Labute approximate surface area is 209 Å². The predicted molar refractivity (Wildman–Crippen MR) is 142 cm³/mol. The van der Waals surface area contributed by atoms with Crippen molar-refractivity contribution in [3.63, 3.8) is 0 Å². The van der Waals surface area contributed by atoms with Gasteiger partial charge in [0.2, 0.25) is 5.78 Å². The first-order chi connectivity index (χ1) is 17.0. The number of ether oxygens (including phenoxy) is 2. The number of carbonyl (C=O) groups is 2. The number of hydrogen-bond donors (Lipinski definition) is 1. The first-order valence-corrected chi connectivity index (χ1v) is 12.1. The Morgan fingerprint density at radius 3 is 1.86 bits per heavy atom. The summed E-state index contributed by atoms with van der Waals surface area (Å²) < 4.78 is 10.1. The minimum Gasteiger partial charge on any atom is -0.353 e. The lowest BCUT2D eigenvalue weighted by Crippen LogP contribution is -2.13. The maximum absolute atomic E-state index is 12.4. The van der Waals surface area contributed by atoms with Gasteiger partial charge in [-0.3, -0.25) is 14.6 Å². The number of pyridine rings is 1. The number of hydrogen-bond acceptors (Lipinski definition) is 5. The molecule has 1 amide bonds. The van der Waals surface area contributed by atoms with Crippen LogP contribution in [0.1, 0.15) is 73.9 Å². The Hall–Kier alpha value is -3.35. The van der Waals surface area contributed by atoms with Crippen molar-refractivity contribution < 1.29 is 19.1 Å². The molecule has 1 aromatic heterocycles. The molecular formula is C29H38N2O4. The van der Waals surface area contributed by atoms with Crippen LogP contribution in [0.25, 0.3) is 0 Å². The van der Waals surface area contributed by atoms with Gasteiger partial charge in [0.15, 0.2) is 6.29 Å². The van der Waals surface area contributed by atoms with Crippen LogP contribution in [0.2, 0.25) is 0 Å². The van der Waals surface area contributed by atoms with Gasteiger partial charge in [-0.05, 0) is 45.0 Å². The highest BCUT2D eigenvalue weighted by molar-refractivity contribution is 6.10. The van der Waals surface area contributed by atoms with Gasteiger partial charge in [-0.15, -0.1) is 0 Å². The topological polar surface area (TPSA) is 77.5 Å². The minimum absolute atomic E-state index is 0.0370. The summed E-state index contributed by atoms with van der Waals surface area (Å²) in [5, 5.41) is 2.79. The molecule has 35 heavy (non-hydrogen) atoms. The van der Waals surface area contributed by atoms with Crippen molar-refractivity contribution in [1.29, 1.82) is 0 Å². The number of benzene rings is 2. The molecule has 0 atom stereocenters. The smallest absolute Gasteiger partial charge is 0.255 e. The summed E-state index contributed by atoms with van der Waals surface area (Å²) in [7, 11) is 0. The monoisotopic (exact) mass is 478 g/mol. The molecule has 2 aromatic carbocycles. The third-order valence-corrected chi connectivity index (χ3v) is 4.63. The second-order valence-corrected chi connectivity index (χ2v) is 7.42. The lowest BCUT2D eigenvalue weighted by atomic mass is 10.1. The molecular weight excluding hydrogens is 440 g/mol. The van der Waals surface area contributed by atoms with Gasteiger partial charge < -0.3 is 14.8 Å².